The van der Waals surface area contributed by atoms with E-state index < -0.39 is 15.8 Å². The lowest BCUT2D eigenvalue weighted by molar-refractivity contribution is -0.187. The van der Waals surface area contributed by atoms with E-state index in [1.165, 1.54) is 18.2 Å². The predicted molar refractivity (Wildman–Crippen MR) is 88.2 cm³/mol. The highest BCUT2D eigenvalue weighted by Crippen LogP contribution is 2.34. The van der Waals surface area contributed by atoms with Gasteiger partial charge in [0, 0.05) is 32.0 Å². The highest BCUT2D eigenvalue weighted by atomic mass is 32.2. The molecule has 1 spiro atoms. The molecule has 0 atom stereocenters. The number of carbonyl (C=O) groups excluding carboxylic acids is 1. The van der Waals surface area contributed by atoms with Crippen molar-refractivity contribution in [3.63, 3.8) is 0 Å². The standard InChI is InChI=1S/C16H20N2O7S/c19-15(18-5-3-16(4-6-18)24-7-8-25-16)10-17-26(20,21)12-1-2-13-14(9-12)23-11-22-13/h1-2,9,17H,3-8,10-11H2. The minimum atomic E-state index is -3.82. The van der Waals surface area contributed by atoms with Gasteiger partial charge in [0.2, 0.25) is 22.7 Å². The molecule has 1 aromatic rings. The normalized spacial score (nSPS) is 21.3. The van der Waals surface area contributed by atoms with Crippen LogP contribution in [0.3, 0.4) is 0 Å². The van der Waals surface area contributed by atoms with Gasteiger partial charge < -0.3 is 23.8 Å². The van der Waals surface area contributed by atoms with Crippen LogP contribution in [0.2, 0.25) is 0 Å². The zero-order valence-corrected chi connectivity index (χ0v) is 14.9. The van der Waals surface area contributed by atoms with Crippen LogP contribution in [0.4, 0.5) is 0 Å². The van der Waals surface area contributed by atoms with Gasteiger partial charge in [-0.05, 0) is 12.1 Å². The summed E-state index contributed by atoms with van der Waals surface area (Å²) in [6.45, 7) is 1.86. The van der Waals surface area contributed by atoms with E-state index in [0.717, 1.165) is 0 Å². The van der Waals surface area contributed by atoms with Crippen LogP contribution in [0.1, 0.15) is 12.8 Å². The molecule has 0 aliphatic carbocycles. The number of hydrogen-bond donors (Lipinski definition) is 1. The topological polar surface area (TPSA) is 103 Å². The fourth-order valence-corrected chi connectivity index (χ4v) is 4.27. The summed E-state index contributed by atoms with van der Waals surface area (Å²) < 4.78 is 48.8. The van der Waals surface area contributed by atoms with Gasteiger partial charge in [0.25, 0.3) is 0 Å². The second-order valence-corrected chi connectivity index (χ2v) is 8.09. The number of sulfonamides is 1. The molecule has 0 bridgehead atoms. The summed E-state index contributed by atoms with van der Waals surface area (Å²) in [5.41, 5.74) is 0. The quantitative estimate of drug-likeness (QED) is 0.783. The number of ether oxygens (including phenoxy) is 4. The van der Waals surface area contributed by atoms with E-state index in [9.17, 15) is 13.2 Å². The summed E-state index contributed by atoms with van der Waals surface area (Å²) in [4.78, 5) is 14.0. The molecule has 0 unspecified atom stereocenters. The van der Waals surface area contributed by atoms with Crippen molar-refractivity contribution in [2.75, 3.05) is 39.6 Å². The Morgan fingerprint density at radius 3 is 2.54 bits per heavy atom. The van der Waals surface area contributed by atoms with Crippen LogP contribution in [-0.2, 0) is 24.3 Å². The molecule has 1 aromatic carbocycles. The maximum atomic E-state index is 12.4. The number of fused-ring (bicyclic) bond motifs is 1. The minimum Gasteiger partial charge on any atom is -0.454 e. The predicted octanol–water partition coefficient (Wildman–Crippen LogP) is 0.0591. The molecular formula is C16H20N2O7S. The zero-order chi connectivity index (χ0) is 18.2. The number of nitrogens with zero attached hydrogens (tertiary/aromatic N) is 1. The summed E-state index contributed by atoms with van der Waals surface area (Å²) in [5.74, 6) is 0.0286. The molecule has 3 heterocycles. The van der Waals surface area contributed by atoms with Crippen molar-refractivity contribution in [3.05, 3.63) is 18.2 Å². The molecule has 3 aliphatic rings. The van der Waals surface area contributed by atoms with Gasteiger partial charge in [0.1, 0.15) is 0 Å². The molecule has 1 N–H and O–H groups in total. The van der Waals surface area contributed by atoms with Crippen molar-refractivity contribution in [2.45, 2.75) is 23.5 Å². The number of likely N-dealkylation sites (tertiary alicyclic amines) is 1. The maximum absolute atomic E-state index is 12.4. The number of nitrogens with one attached hydrogen (secondary N) is 1. The van der Waals surface area contributed by atoms with Crippen molar-refractivity contribution >= 4 is 15.9 Å². The van der Waals surface area contributed by atoms with Gasteiger partial charge in [0.15, 0.2) is 17.3 Å². The number of piperidine rings is 1. The highest BCUT2D eigenvalue weighted by Gasteiger charge is 2.40. The summed E-state index contributed by atoms with van der Waals surface area (Å²) in [5, 5.41) is 0. The van der Waals surface area contributed by atoms with Crippen LogP contribution in [0.25, 0.3) is 0 Å². The molecule has 142 valence electrons. The van der Waals surface area contributed by atoms with Crippen molar-refractivity contribution in [1.29, 1.82) is 0 Å². The SMILES string of the molecule is O=C(CNS(=O)(=O)c1ccc2c(c1)OCO2)N1CCC2(CC1)OCCO2. The summed E-state index contributed by atoms with van der Waals surface area (Å²) >= 11 is 0. The second kappa shape index (κ2) is 6.69. The zero-order valence-electron chi connectivity index (χ0n) is 14.1. The molecule has 2 fully saturated rings. The van der Waals surface area contributed by atoms with Gasteiger partial charge in [-0.15, -0.1) is 0 Å². The van der Waals surface area contributed by atoms with E-state index >= 15 is 0 Å². The van der Waals surface area contributed by atoms with E-state index in [2.05, 4.69) is 4.72 Å². The Morgan fingerprint density at radius 2 is 1.81 bits per heavy atom. The first-order valence-corrected chi connectivity index (χ1v) is 9.91. The Labute approximate surface area is 151 Å². The van der Waals surface area contributed by atoms with Crippen LogP contribution in [-0.4, -0.2) is 64.7 Å². The van der Waals surface area contributed by atoms with Gasteiger partial charge in [0.05, 0.1) is 24.7 Å². The van der Waals surface area contributed by atoms with E-state index in [1.54, 1.807) is 4.90 Å². The number of amides is 1. The molecule has 26 heavy (non-hydrogen) atoms. The second-order valence-electron chi connectivity index (χ2n) is 6.33. The fraction of sp³-hybridized carbons (Fsp3) is 0.562. The van der Waals surface area contributed by atoms with Gasteiger partial charge in [-0.1, -0.05) is 0 Å². The third kappa shape index (κ3) is 3.37. The first-order chi connectivity index (χ1) is 12.5. The summed E-state index contributed by atoms with van der Waals surface area (Å²) in [6.07, 6.45) is 1.18. The Balaban J connectivity index is 1.34. The third-order valence-electron chi connectivity index (χ3n) is 4.76. The Kier molecular flexibility index (Phi) is 4.51. The van der Waals surface area contributed by atoms with Gasteiger partial charge >= 0.3 is 0 Å². The van der Waals surface area contributed by atoms with E-state index in [4.69, 9.17) is 18.9 Å². The van der Waals surface area contributed by atoms with Crippen molar-refractivity contribution in [1.82, 2.24) is 9.62 Å². The van der Waals surface area contributed by atoms with E-state index in [1.807, 2.05) is 0 Å². The van der Waals surface area contributed by atoms with Crippen LogP contribution in [0.5, 0.6) is 11.5 Å². The van der Waals surface area contributed by atoms with E-state index in [0.29, 0.717) is 50.6 Å². The molecule has 2 saturated heterocycles. The van der Waals surface area contributed by atoms with Crippen LogP contribution in [0.15, 0.2) is 23.1 Å². The largest absolute Gasteiger partial charge is 0.454 e. The lowest BCUT2D eigenvalue weighted by Crippen LogP contribution is -2.49. The summed E-state index contributed by atoms with van der Waals surface area (Å²) in [6, 6.07) is 4.33. The van der Waals surface area contributed by atoms with Crippen molar-refractivity contribution in [3.8, 4) is 11.5 Å². The number of carbonyl (C=O) groups is 1. The smallest absolute Gasteiger partial charge is 0.241 e. The molecule has 3 aliphatic heterocycles. The molecule has 1 amide bonds. The first-order valence-electron chi connectivity index (χ1n) is 8.43. The molecule has 4 rings (SSSR count). The molecule has 0 radical (unpaired) electrons. The molecular weight excluding hydrogens is 364 g/mol. The first kappa shape index (κ1) is 17.5. The van der Waals surface area contributed by atoms with Gasteiger partial charge in [-0.3, -0.25) is 4.79 Å². The third-order valence-corrected chi connectivity index (χ3v) is 6.16. The molecule has 0 saturated carbocycles. The monoisotopic (exact) mass is 384 g/mol. The maximum Gasteiger partial charge on any atom is 0.241 e. The molecule has 0 aromatic heterocycles. The molecule has 10 heteroatoms. The lowest BCUT2D eigenvalue weighted by atomic mass is 10.0. The van der Waals surface area contributed by atoms with Crippen LogP contribution < -0.4 is 14.2 Å². The van der Waals surface area contributed by atoms with E-state index in [-0.39, 0.29) is 24.1 Å². The fourth-order valence-electron chi connectivity index (χ4n) is 3.28. The van der Waals surface area contributed by atoms with Crippen LogP contribution in [0, 0.1) is 0 Å². The number of hydrogen-bond acceptors (Lipinski definition) is 7. The number of benzene rings is 1. The minimum absolute atomic E-state index is 0.0277. The highest BCUT2D eigenvalue weighted by molar-refractivity contribution is 7.89. The Bertz CT molecular complexity index is 795. The van der Waals surface area contributed by atoms with Crippen molar-refractivity contribution < 1.29 is 32.2 Å². The molecule has 9 nitrogen and oxygen atoms in total. The van der Waals surface area contributed by atoms with Crippen LogP contribution >= 0.6 is 0 Å². The number of rotatable bonds is 4. The Hall–Kier alpha value is -1.88. The van der Waals surface area contributed by atoms with Crippen molar-refractivity contribution in [2.24, 2.45) is 0 Å². The average molecular weight is 384 g/mol. The summed E-state index contributed by atoms with van der Waals surface area (Å²) in [7, 11) is -3.82. The average Bonchev–Trinajstić information content (AvgIpc) is 3.29. The van der Waals surface area contributed by atoms with Gasteiger partial charge in [-0.2, -0.15) is 0 Å². The Morgan fingerprint density at radius 1 is 1.12 bits per heavy atom. The lowest BCUT2D eigenvalue weighted by Gasteiger charge is -2.37. The van der Waals surface area contributed by atoms with Gasteiger partial charge in [-0.25, -0.2) is 13.1 Å².